The van der Waals surface area contributed by atoms with Crippen molar-refractivity contribution in [2.75, 3.05) is 5.32 Å². The van der Waals surface area contributed by atoms with Gasteiger partial charge in [0.1, 0.15) is 0 Å². The fraction of sp³-hybridized carbons (Fsp3) is 0.500. The highest BCUT2D eigenvalue weighted by Gasteiger charge is 2.65. The van der Waals surface area contributed by atoms with E-state index in [0.29, 0.717) is 10.7 Å². The Labute approximate surface area is 112 Å². The first-order valence-corrected chi connectivity index (χ1v) is 6.35. The van der Waals surface area contributed by atoms with E-state index in [1.54, 1.807) is 12.1 Å². The van der Waals surface area contributed by atoms with Gasteiger partial charge in [-0.1, -0.05) is 39.3 Å². The first-order chi connectivity index (χ1) is 8.18. The van der Waals surface area contributed by atoms with Crippen LogP contribution in [-0.2, 0) is 0 Å². The predicted molar refractivity (Wildman–Crippen MR) is 73.4 cm³/mol. The van der Waals surface area contributed by atoms with Crippen LogP contribution >= 0.6 is 11.6 Å². The molecule has 0 heterocycles. The third-order valence-electron chi connectivity index (χ3n) is 4.53. The molecule has 2 rings (SSSR count). The molecule has 0 atom stereocenters. The van der Waals surface area contributed by atoms with Gasteiger partial charge in [-0.25, -0.2) is 4.79 Å². The summed E-state index contributed by atoms with van der Waals surface area (Å²) >= 11 is 5.93. The summed E-state index contributed by atoms with van der Waals surface area (Å²) in [6.07, 6.45) is 0. The van der Waals surface area contributed by atoms with Crippen molar-refractivity contribution in [3.63, 3.8) is 0 Å². The lowest BCUT2D eigenvalue weighted by Gasteiger charge is -2.11. The van der Waals surface area contributed by atoms with Gasteiger partial charge in [-0.3, -0.25) is 0 Å². The maximum atomic E-state index is 11.2. The Bertz CT molecular complexity index is 495. The molecule has 1 fully saturated rings. The minimum Gasteiger partial charge on any atom is -0.478 e. The number of carboxylic acid groups (broad SMARTS) is 1. The van der Waals surface area contributed by atoms with Gasteiger partial charge in [0.15, 0.2) is 0 Å². The van der Waals surface area contributed by atoms with Crippen molar-refractivity contribution in [1.29, 1.82) is 0 Å². The molecule has 0 aliphatic heterocycles. The first-order valence-electron chi connectivity index (χ1n) is 5.97. The molecule has 4 heteroatoms. The largest absolute Gasteiger partial charge is 0.478 e. The minimum atomic E-state index is -0.939. The van der Waals surface area contributed by atoms with Crippen LogP contribution in [0.5, 0.6) is 0 Å². The van der Waals surface area contributed by atoms with E-state index in [1.807, 2.05) is 0 Å². The summed E-state index contributed by atoms with van der Waals surface area (Å²) in [5.74, 6) is -0.939. The Morgan fingerprint density at radius 3 is 2.28 bits per heavy atom. The fourth-order valence-corrected chi connectivity index (χ4v) is 2.71. The summed E-state index contributed by atoms with van der Waals surface area (Å²) in [5.41, 5.74) is 1.15. The van der Waals surface area contributed by atoms with Crippen LogP contribution in [0.4, 0.5) is 5.69 Å². The summed E-state index contributed by atoms with van der Waals surface area (Å²) in [4.78, 5) is 11.2. The molecule has 0 spiro atoms. The third kappa shape index (κ3) is 1.87. The molecule has 1 aliphatic rings. The zero-order chi connectivity index (χ0) is 13.7. The van der Waals surface area contributed by atoms with Gasteiger partial charge in [-0.15, -0.1) is 0 Å². The van der Waals surface area contributed by atoms with Crippen molar-refractivity contribution >= 4 is 23.3 Å². The topological polar surface area (TPSA) is 49.3 Å². The van der Waals surface area contributed by atoms with Gasteiger partial charge in [-0.2, -0.15) is 0 Å². The lowest BCUT2D eigenvalue weighted by molar-refractivity contribution is 0.0698. The first kappa shape index (κ1) is 13.2. The van der Waals surface area contributed by atoms with E-state index in [-0.39, 0.29) is 22.4 Å². The third-order valence-corrected chi connectivity index (χ3v) is 4.77. The van der Waals surface area contributed by atoms with E-state index >= 15 is 0 Å². The van der Waals surface area contributed by atoms with E-state index in [1.165, 1.54) is 6.07 Å². The van der Waals surface area contributed by atoms with Gasteiger partial charge in [-0.05, 0) is 29.0 Å². The predicted octanol–water partition coefficient (Wildman–Crippen LogP) is 3.88. The Kier molecular flexibility index (Phi) is 2.85. The number of carboxylic acids is 1. The molecule has 3 nitrogen and oxygen atoms in total. The van der Waals surface area contributed by atoms with Crippen molar-refractivity contribution in [3.8, 4) is 0 Å². The number of hydrogen-bond acceptors (Lipinski definition) is 2. The Hall–Kier alpha value is -1.22. The van der Waals surface area contributed by atoms with Crippen LogP contribution in [0.3, 0.4) is 0 Å². The number of benzene rings is 1. The molecular weight excluding hydrogens is 250 g/mol. The van der Waals surface area contributed by atoms with Gasteiger partial charge >= 0.3 is 5.97 Å². The molecule has 98 valence electrons. The van der Waals surface area contributed by atoms with Crippen molar-refractivity contribution < 1.29 is 9.90 Å². The summed E-state index contributed by atoms with van der Waals surface area (Å²) in [6.45, 7) is 8.70. The van der Waals surface area contributed by atoms with Gasteiger partial charge in [0.05, 0.1) is 11.3 Å². The van der Waals surface area contributed by atoms with E-state index in [9.17, 15) is 4.79 Å². The number of hydrogen-bond donors (Lipinski definition) is 2. The van der Waals surface area contributed by atoms with Crippen LogP contribution in [-0.4, -0.2) is 17.1 Å². The summed E-state index contributed by atoms with van der Waals surface area (Å²) in [5, 5.41) is 13.0. The van der Waals surface area contributed by atoms with Crippen LogP contribution in [0.25, 0.3) is 0 Å². The van der Waals surface area contributed by atoms with Gasteiger partial charge in [0, 0.05) is 11.1 Å². The molecule has 0 aromatic heterocycles. The van der Waals surface area contributed by atoms with E-state index in [2.05, 4.69) is 33.0 Å². The van der Waals surface area contributed by atoms with Crippen molar-refractivity contribution in [3.05, 3.63) is 28.8 Å². The van der Waals surface area contributed by atoms with E-state index in [4.69, 9.17) is 16.7 Å². The second kappa shape index (κ2) is 3.89. The van der Waals surface area contributed by atoms with Gasteiger partial charge in [0.25, 0.3) is 0 Å². The van der Waals surface area contributed by atoms with E-state index < -0.39 is 5.97 Å². The van der Waals surface area contributed by atoms with Crippen LogP contribution in [0.15, 0.2) is 18.2 Å². The highest BCUT2D eigenvalue weighted by molar-refractivity contribution is 6.31. The van der Waals surface area contributed by atoms with Crippen LogP contribution in [0.2, 0.25) is 5.02 Å². The van der Waals surface area contributed by atoms with Crippen LogP contribution < -0.4 is 5.32 Å². The van der Waals surface area contributed by atoms with Crippen LogP contribution in [0, 0.1) is 10.8 Å². The smallest absolute Gasteiger partial charge is 0.337 e. The van der Waals surface area contributed by atoms with E-state index in [0.717, 1.165) is 0 Å². The molecule has 1 saturated carbocycles. The lowest BCUT2D eigenvalue weighted by atomic mass is 10.0. The highest BCUT2D eigenvalue weighted by atomic mass is 35.5. The highest BCUT2D eigenvalue weighted by Crippen LogP contribution is 2.63. The molecule has 1 aromatic rings. The Balaban J connectivity index is 2.31. The monoisotopic (exact) mass is 267 g/mol. The second-order valence-corrected chi connectivity index (χ2v) is 6.45. The summed E-state index contributed by atoms with van der Waals surface area (Å²) < 4.78 is 0. The minimum absolute atomic E-state index is 0.144. The fourth-order valence-electron chi connectivity index (χ4n) is 2.54. The normalized spacial score (nSPS) is 20.5. The maximum absolute atomic E-state index is 11.2. The molecule has 0 saturated heterocycles. The molecule has 2 N–H and O–H groups in total. The molecule has 1 aromatic carbocycles. The molecule has 1 aliphatic carbocycles. The molecule has 0 unspecified atom stereocenters. The number of rotatable bonds is 3. The Morgan fingerprint density at radius 1 is 1.28 bits per heavy atom. The number of halogens is 1. The quantitative estimate of drug-likeness (QED) is 0.874. The maximum Gasteiger partial charge on any atom is 0.337 e. The van der Waals surface area contributed by atoms with Gasteiger partial charge in [0.2, 0.25) is 0 Å². The van der Waals surface area contributed by atoms with Crippen LogP contribution in [0.1, 0.15) is 38.1 Å². The Morgan fingerprint density at radius 2 is 1.83 bits per heavy atom. The lowest BCUT2D eigenvalue weighted by Crippen LogP contribution is -2.13. The zero-order valence-corrected chi connectivity index (χ0v) is 11.8. The average molecular weight is 268 g/mol. The summed E-state index contributed by atoms with van der Waals surface area (Å²) in [7, 11) is 0. The van der Waals surface area contributed by atoms with Gasteiger partial charge < -0.3 is 10.4 Å². The zero-order valence-electron chi connectivity index (χ0n) is 11.0. The van der Waals surface area contributed by atoms with Crippen molar-refractivity contribution in [2.24, 2.45) is 10.8 Å². The molecule has 0 amide bonds. The molecule has 0 radical (unpaired) electrons. The molecule has 0 bridgehead atoms. The standard InChI is InChI=1S/C14H18ClNO2/c1-13(2)12(14(13,3)4)16-10-7-8(15)5-6-9(10)11(17)18/h5-7,12,16H,1-4H3,(H,17,18). The number of aromatic carboxylic acids is 1. The number of nitrogens with one attached hydrogen (secondary N) is 1. The summed E-state index contributed by atoms with van der Waals surface area (Å²) in [6, 6.07) is 5.06. The SMILES string of the molecule is CC1(C)C(Nc2cc(Cl)ccc2C(=O)O)C1(C)C. The van der Waals surface area contributed by atoms with Crippen molar-refractivity contribution in [2.45, 2.75) is 33.7 Å². The van der Waals surface area contributed by atoms with Crippen molar-refractivity contribution in [1.82, 2.24) is 0 Å². The number of carbonyl (C=O) groups is 1. The second-order valence-electron chi connectivity index (χ2n) is 6.02. The average Bonchev–Trinajstić information content (AvgIpc) is 2.60. The molecular formula is C14H18ClNO2. The molecule has 18 heavy (non-hydrogen) atoms. The number of anilines is 1.